The third-order valence-electron chi connectivity index (χ3n) is 5.51. The molecule has 2 aromatic rings. The second-order valence-electron chi connectivity index (χ2n) is 7.25. The summed E-state index contributed by atoms with van der Waals surface area (Å²) in [6, 6.07) is 14.0. The molecule has 5 nitrogen and oxygen atoms in total. The molecule has 5 rings (SSSR count). The Morgan fingerprint density at radius 1 is 0.893 bits per heavy atom. The Morgan fingerprint density at radius 2 is 1.43 bits per heavy atom. The number of allylic oxidation sites excluding steroid dienone is 2. The Morgan fingerprint density at radius 3 is 1.96 bits per heavy atom. The standard InChI is InChI=1S/C22H20ClNO4/c23-15-5-9-17(10-6-15)28-18-11-7-16(8-12-18)24-21(25)19-13-1-3-14(4-2-13)20(19)22(26)27/h1,3,5-14,19-20H,2,4H2,(H,24,25)(H,26,27)/t13-,14+,19+,20+/m1/s1. The fourth-order valence-corrected chi connectivity index (χ4v) is 4.28. The lowest BCUT2D eigenvalue weighted by atomic mass is 9.62. The molecule has 3 aliphatic rings. The highest BCUT2D eigenvalue weighted by atomic mass is 35.5. The highest BCUT2D eigenvalue weighted by Gasteiger charge is 2.48. The minimum Gasteiger partial charge on any atom is -0.481 e. The Balaban J connectivity index is 1.44. The van der Waals surface area contributed by atoms with Crippen LogP contribution >= 0.6 is 11.6 Å². The predicted molar refractivity (Wildman–Crippen MR) is 107 cm³/mol. The van der Waals surface area contributed by atoms with E-state index < -0.39 is 17.8 Å². The van der Waals surface area contributed by atoms with Crippen molar-refractivity contribution >= 4 is 29.2 Å². The zero-order valence-corrected chi connectivity index (χ0v) is 15.8. The summed E-state index contributed by atoms with van der Waals surface area (Å²) in [5.74, 6) is -1.11. The van der Waals surface area contributed by atoms with Crippen molar-refractivity contribution in [3.63, 3.8) is 0 Å². The highest BCUT2D eigenvalue weighted by molar-refractivity contribution is 6.30. The van der Waals surface area contributed by atoms with E-state index in [0.29, 0.717) is 22.2 Å². The van der Waals surface area contributed by atoms with Crippen LogP contribution < -0.4 is 10.1 Å². The van der Waals surface area contributed by atoms with Gasteiger partial charge in [-0.15, -0.1) is 0 Å². The molecule has 0 heterocycles. The van der Waals surface area contributed by atoms with Crippen LogP contribution in [0, 0.1) is 23.7 Å². The van der Waals surface area contributed by atoms with Gasteiger partial charge in [-0.25, -0.2) is 0 Å². The second kappa shape index (κ2) is 7.68. The van der Waals surface area contributed by atoms with E-state index in [1.54, 1.807) is 48.5 Å². The van der Waals surface area contributed by atoms with Gasteiger partial charge in [-0.1, -0.05) is 23.8 Å². The van der Waals surface area contributed by atoms with E-state index in [0.717, 1.165) is 12.8 Å². The van der Waals surface area contributed by atoms with E-state index in [9.17, 15) is 14.7 Å². The van der Waals surface area contributed by atoms with Crippen LogP contribution in [-0.4, -0.2) is 17.0 Å². The fourth-order valence-electron chi connectivity index (χ4n) is 4.16. The summed E-state index contributed by atoms with van der Waals surface area (Å²) in [6.07, 6.45) is 5.65. The summed E-state index contributed by atoms with van der Waals surface area (Å²) in [5.41, 5.74) is 0.614. The Bertz CT molecular complexity index is 907. The number of ether oxygens (including phenoxy) is 1. The average Bonchev–Trinajstić information content (AvgIpc) is 2.71. The third kappa shape index (κ3) is 3.76. The van der Waals surface area contributed by atoms with Crippen LogP contribution in [0.4, 0.5) is 5.69 Å². The summed E-state index contributed by atoms with van der Waals surface area (Å²) < 4.78 is 5.74. The molecule has 0 aliphatic heterocycles. The average molecular weight is 398 g/mol. The number of hydrogen-bond acceptors (Lipinski definition) is 3. The number of aliphatic carboxylic acids is 1. The summed E-state index contributed by atoms with van der Waals surface area (Å²) in [6.45, 7) is 0. The molecule has 28 heavy (non-hydrogen) atoms. The molecular weight excluding hydrogens is 378 g/mol. The minimum atomic E-state index is -0.897. The van der Waals surface area contributed by atoms with E-state index >= 15 is 0 Å². The normalized spacial score (nSPS) is 25.3. The maximum atomic E-state index is 12.8. The molecule has 2 N–H and O–H groups in total. The number of halogens is 1. The van der Waals surface area contributed by atoms with Crippen LogP contribution in [0.2, 0.25) is 5.02 Å². The lowest BCUT2D eigenvalue weighted by Gasteiger charge is -2.41. The number of benzene rings is 2. The van der Waals surface area contributed by atoms with E-state index in [4.69, 9.17) is 16.3 Å². The van der Waals surface area contributed by atoms with Crippen LogP contribution in [0.25, 0.3) is 0 Å². The van der Waals surface area contributed by atoms with Gasteiger partial charge in [-0.2, -0.15) is 0 Å². The van der Waals surface area contributed by atoms with Gasteiger partial charge in [-0.3, -0.25) is 9.59 Å². The Labute approximate surface area is 168 Å². The van der Waals surface area contributed by atoms with Gasteiger partial charge in [-0.05, 0) is 73.2 Å². The number of hydrogen-bond donors (Lipinski definition) is 2. The van der Waals surface area contributed by atoms with Gasteiger partial charge in [0.2, 0.25) is 5.91 Å². The molecule has 6 heteroatoms. The van der Waals surface area contributed by atoms with E-state index in [1.807, 2.05) is 12.2 Å². The van der Waals surface area contributed by atoms with Gasteiger partial charge < -0.3 is 15.2 Å². The number of carboxylic acids is 1. The first kappa shape index (κ1) is 18.6. The van der Waals surface area contributed by atoms with Crippen molar-refractivity contribution in [1.29, 1.82) is 0 Å². The van der Waals surface area contributed by atoms with Gasteiger partial charge in [0.15, 0.2) is 0 Å². The molecule has 144 valence electrons. The summed E-state index contributed by atoms with van der Waals surface area (Å²) in [7, 11) is 0. The van der Waals surface area contributed by atoms with E-state index in [1.165, 1.54) is 0 Å². The zero-order valence-electron chi connectivity index (χ0n) is 15.0. The topological polar surface area (TPSA) is 75.6 Å². The zero-order chi connectivity index (χ0) is 19.7. The monoisotopic (exact) mass is 397 g/mol. The molecular formula is C22H20ClNO4. The van der Waals surface area contributed by atoms with Crippen molar-refractivity contribution in [2.24, 2.45) is 23.7 Å². The molecule has 0 aromatic heterocycles. The molecule has 4 atom stereocenters. The lowest BCUT2D eigenvalue weighted by molar-refractivity contribution is -0.151. The lowest BCUT2D eigenvalue weighted by Crippen LogP contribution is -2.47. The molecule has 2 aromatic carbocycles. The summed E-state index contributed by atoms with van der Waals surface area (Å²) in [5, 5.41) is 13.1. The van der Waals surface area contributed by atoms with Gasteiger partial charge in [0.1, 0.15) is 11.5 Å². The van der Waals surface area contributed by atoms with E-state index in [-0.39, 0.29) is 17.7 Å². The van der Waals surface area contributed by atoms with Crippen molar-refractivity contribution in [2.45, 2.75) is 12.8 Å². The second-order valence-corrected chi connectivity index (χ2v) is 7.69. The first-order valence-corrected chi connectivity index (χ1v) is 9.64. The van der Waals surface area contributed by atoms with Gasteiger partial charge in [0.25, 0.3) is 0 Å². The first-order chi connectivity index (χ1) is 13.5. The summed E-state index contributed by atoms with van der Waals surface area (Å²) in [4.78, 5) is 24.5. The molecule has 1 fully saturated rings. The third-order valence-corrected chi connectivity index (χ3v) is 5.76. The van der Waals surface area contributed by atoms with E-state index in [2.05, 4.69) is 5.32 Å². The van der Waals surface area contributed by atoms with Gasteiger partial charge in [0, 0.05) is 10.7 Å². The molecule has 0 radical (unpaired) electrons. The van der Waals surface area contributed by atoms with Gasteiger partial charge in [0.05, 0.1) is 11.8 Å². The number of nitrogens with one attached hydrogen (secondary N) is 1. The highest BCUT2D eigenvalue weighted by Crippen LogP contribution is 2.45. The quantitative estimate of drug-likeness (QED) is 0.697. The minimum absolute atomic E-state index is 0.0152. The van der Waals surface area contributed by atoms with Crippen molar-refractivity contribution in [3.8, 4) is 11.5 Å². The SMILES string of the molecule is O=C(Nc1ccc(Oc2ccc(Cl)cc2)cc1)[C@@H]1[C@@H](C(=O)O)[C@H]2C=C[C@@H]1CC2. The van der Waals surface area contributed by atoms with Crippen LogP contribution in [0.1, 0.15) is 12.8 Å². The van der Waals surface area contributed by atoms with Crippen molar-refractivity contribution in [1.82, 2.24) is 0 Å². The number of rotatable bonds is 5. The molecule has 2 bridgehead atoms. The number of anilines is 1. The molecule has 0 unspecified atom stereocenters. The molecule has 0 saturated heterocycles. The fraction of sp³-hybridized carbons (Fsp3) is 0.273. The van der Waals surface area contributed by atoms with Gasteiger partial charge >= 0.3 is 5.97 Å². The maximum absolute atomic E-state index is 12.8. The smallest absolute Gasteiger partial charge is 0.307 e. The Kier molecular flexibility index (Phi) is 5.09. The number of amides is 1. The molecule has 1 saturated carbocycles. The van der Waals surface area contributed by atoms with Crippen molar-refractivity contribution in [2.75, 3.05) is 5.32 Å². The van der Waals surface area contributed by atoms with Crippen molar-refractivity contribution < 1.29 is 19.4 Å². The predicted octanol–water partition coefficient (Wildman–Crippen LogP) is 4.98. The largest absolute Gasteiger partial charge is 0.481 e. The molecule has 3 aliphatic carbocycles. The number of carbonyl (C=O) groups is 2. The van der Waals surface area contributed by atoms with Crippen LogP contribution in [0.15, 0.2) is 60.7 Å². The van der Waals surface area contributed by atoms with Crippen LogP contribution in [0.5, 0.6) is 11.5 Å². The number of fused-ring (bicyclic) bond motifs is 2. The van der Waals surface area contributed by atoms with Crippen LogP contribution in [-0.2, 0) is 9.59 Å². The molecule has 0 spiro atoms. The maximum Gasteiger partial charge on any atom is 0.307 e. The molecule has 1 amide bonds. The van der Waals surface area contributed by atoms with Crippen molar-refractivity contribution in [3.05, 3.63) is 65.7 Å². The first-order valence-electron chi connectivity index (χ1n) is 9.27. The summed E-state index contributed by atoms with van der Waals surface area (Å²) >= 11 is 5.86. The number of carbonyl (C=O) groups excluding carboxylic acids is 1. The Hall–Kier alpha value is -2.79. The number of carboxylic acid groups (broad SMARTS) is 1. The van der Waals surface area contributed by atoms with Crippen LogP contribution in [0.3, 0.4) is 0 Å².